The van der Waals surface area contributed by atoms with E-state index < -0.39 is 29.2 Å². The first-order valence-corrected chi connectivity index (χ1v) is 10.4. The lowest BCUT2D eigenvalue weighted by Crippen LogP contribution is -2.47. The summed E-state index contributed by atoms with van der Waals surface area (Å²) in [5.41, 5.74) is 4.76. The highest BCUT2D eigenvalue weighted by atomic mass is 16.5. The molecule has 0 saturated carbocycles. The van der Waals surface area contributed by atoms with Crippen LogP contribution in [0.4, 0.5) is 16.3 Å². The third-order valence-electron chi connectivity index (χ3n) is 4.75. The van der Waals surface area contributed by atoms with Gasteiger partial charge in [-0.2, -0.15) is 0 Å². The maximum Gasteiger partial charge on any atom is 0.330 e. The number of H-pyrrole nitrogens is 1. The summed E-state index contributed by atoms with van der Waals surface area (Å²) in [5, 5.41) is 8.05. The van der Waals surface area contributed by atoms with Crippen LogP contribution < -0.4 is 32.9 Å². The van der Waals surface area contributed by atoms with E-state index in [4.69, 9.17) is 10.5 Å². The Morgan fingerprint density at radius 2 is 1.94 bits per heavy atom. The number of ether oxygens (including phenoxy) is 1. The molecule has 2 rings (SSSR count). The van der Waals surface area contributed by atoms with E-state index in [1.54, 1.807) is 0 Å². The molecular weight excluding hydrogens is 416 g/mol. The Hall–Kier alpha value is -3.60. The van der Waals surface area contributed by atoms with Crippen LogP contribution >= 0.6 is 0 Å². The second kappa shape index (κ2) is 12.3. The Kier molecular flexibility index (Phi) is 9.48. The summed E-state index contributed by atoms with van der Waals surface area (Å²) in [5.74, 6) is -0.597. The molecule has 0 aliphatic carbocycles. The van der Waals surface area contributed by atoms with Crippen LogP contribution in [0.2, 0.25) is 0 Å². The molecule has 0 fully saturated rings. The molecule has 11 heteroatoms. The first-order valence-electron chi connectivity index (χ1n) is 10.4. The fourth-order valence-electron chi connectivity index (χ4n) is 3.10. The number of carbonyl (C=O) groups is 2. The minimum atomic E-state index is -0.917. The van der Waals surface area contributed by atoms with Crippen molar-refractivity contribution in [2.24, 2.45) is 5.73 Å². The van der Waals surface area contributed by atoms with Crippen molar-refractivity contribution >= 4 is 23.4 Å². The first kappa shape index (κ1) is 24.7. The lowest BCUT2D eigenvalue weighted by molar-refractivity contribution is -0.118. The molecule has 2 aromatic rings. The SMILES string of the molecule is CCCCC(NC(N)=O)C(=O)Nc1c(NCc2ccccc2)c(=O)[nH]c(=O)n1CCOC. The van der Waals surface area contributed by atoms with Gasteiger partial charge in [-0.05, 0) is 12.0 Å². The van der Waals surface area contributed by atoms with Crippen molar-refractivity contribution in [2.45, 2.75) is 45.3 Å². The second-order valence-electron chi connectivity index (χ2n) is 7.16. The van der Waals surface area contributed by atoms with Gasteiger partial charge in [-0.15, -0.1) is 0 Å². The summed E-state index contributed by atoms with van der Waals surface area (Å²) >= 11 is 0. The summed E-state index contributed by atoms with van der Waals surface area (Å²) in [6.45, 7) is 2.49. The molecule has 3 amide bonds. The van der Waals surface area contributed by atoms with Crippen LogP contribution in [-0.4, -0.2) is 41.2 Å². The third kappa shape index (κ3) is 6.98. The first-order chi connectivity index (χ1) is 15.4. The van der Waals surface area contributed by atoms with Crippen LogP contribution in [-0.2, 0) is 22.6 Å². The van der Waals surface area contributed by atoms with Gasteiger partial charge >= 0.3 is 11.7 Å². The van der Waals surface area contributed by atoms with Gasteiger partial charge in [0.1, 0.15) is 17.5 Å². The standard InChI is InChI=1S/C21H30N6O5/c1-3-4-10-15(24-20(22)30)18(28)25-17-16(23-13-14-8-6-5-7-9-14)19(29)26-21(31)27(17)11-12-32-2/h5-9,15,23H,3-4,10-13H2,1-2H3,(H,25,28)(H3,22,24,30)(H,26,29,31). The van der Waals surface area contributed by atoms with E-state index >= 15 is 0 Å². The number of methoxy groups -OCH3 is 1. The van der Waals surface area contributed by atoms with Crippen molar-refractivity contribution in [3.8, 4) is 0 Å². The zero-order chi connectivity index (χ0) is 23.5. The normalized spacial score (nSPS) is 11.6. The molecule has 0 aliphatic rings. The number of nitrogens with zero attached hydrogens (tertiary/aromatic N) is 1. The molecule has 1 unspecified atom stereocenters. The van der Waals surface area contributed by atoms with Crippen LogP contribution in [0.3, 0.4) is 0 Å². The zero-order valence-corrected chi connectivity index (χ0v) is 18.3. The maximum atomic E-state index is 13.0. The van der Waals surface area contributed by atoms with E-state index in [9.17, 15) is 19.2 Å². The molecule has 11 nitrogen and oxygen atoms in total. The third-order valence-corrected chi connectivity index (χ3v) is 4.75. The average Bonchev–Trinajstić information content (AvgIpc) is 2.76. The molecule has 0 saturated heterocycles. The summed E-state index contributed by atoms with van der Waals surface area (Å²) < 4.78 is 6.26. The number of hydrogen-bond donors (Lipinski definition) is 5. The van der Waals surface area contributed by atoms with Crippen LogP contribution in [0.25, 0.3) is 0 Å². The Bertz CT molecular complexity index is 1020. The second-order valence-corrected chi connectivity index (χ2v) is 7.16. The molecule has 1 aromatic carbocycles. The highest BCUT2D eigenvalue weighted by molar-refractivity contribution is 5.98. The quantitative estimate of drug-likeness (QED) is 0.326. The van der Waals surface area contributed by atoms with Crippen molar-refractivity contribution < 1.29 is 14.3 Å². The number of unbranched alkanes of at least 4 members (excludes halogenated alkanes) is 1. The Morgan fingerprint density at radius 1 is 1.22 bits per heavy atom. The molecule has 6 N–H and O–H groups in total. The average molecular weight is 447 g/mol. The number of aromatic amines is 1. The summed E-state index contributed by atoms with van der Waals surface area (Å²) in [7, 11) is 1.47. The summed E-state index contributed by atoms with van der Waals surface area (Å²) in [6.07, 6.45) is 1.82. The lowest BCUT2D eigenvalue weighted by atomic mass is 10.1. The number of primary amides is 1. The number of carbonyl (C=O) groups excluding carboxylic acids is 2. The number of nitrogens with one attached hydrogen (secondary N) is 4. The van der Waals surface area contributed by atoms with Crippen LogP contribution in [0, 0.1) is 0 Å². The number of rotatable bonds is 12. The minimum Gasteiger partial charge on any atom is -0.383 e. The molecule has 1 atom stereocenters. The topological polar surface area (TPSA) is 160 Å². The van der Waals surface area contributed by atoms with E-state index in [0.29, 0.717) is 12.8 Å². The smallest absolute Gasteiger partial charge is 0.330 e. The monoisotopic (exact) mass is 446 g/mol. The minimum absolute atomic E-state index is 0.00972. The number of urea groups is 1. The predicted octanol–water partition coefficient (Wildman–Crippen LogP) is 0.961. The van der Waals surface area contributed by atoms with Gasteiger partial charge in [-0.3, -0.25) is 19.1 Å². The molecular formula is C21H30N6O5. The van der Waals surface area contributed by atoms with Gasteiger partial charge in [-0.1, -0.05) is 50.1 Å². The van der Waals surface area contributed by atoms with Crippen molar-refractivity contribution in [2.75, 3.05) is 24.4 Å². The van der Waals surface area contributed by atoms with Crippen molar-refractivity contribution in [1.82, 2.24) is 14.9 Å². The van der Waals surface area contributed by atoms with Gasteiger partial charge in [0.05, 0.1) is 13.2 Å². The number of hydrogen-bond acceptors (Lipinski definition) is 6. The lowest BCUT2D eigenvalue weighted by Gasteiger charge is -2.21. The van der Waals surface area contributed by atoms with Crippen LogP contribution in [0.1, 0.15) is 31.7 Å². The molecule has 32 heavy (non-hydrogen) atoms. The van der Waals surface area contributed by atoms with E-state index in [0.717, 1.165) is 12.0 Å². The number of nitrogens with two attached hydrogens (primary N) is 1. The number of aromatic nitrogens is 2. The molecule has 0 spiro atoms. The van der Waals surface area contributed by atoms with Crippen LogP contribution in [0.5, 0.6) is 0 Å². The highest BCUT2D eigenvalue weighted by Crippen LogP contribution is 2.17. The van der Waals surface area contributed by atoms with Crippen molar-refractivity contribution in [1.29, 1.82) is 0 Å². The number of anilines is 2. The van der Waals surface area contributed by atoms with Gasteiger partial charge in [0.25, 0.3) is 5.56 Å². The molecule has 1 heterocycles. The number of amides is 3. The van der Waals surface area contributed by atoms with Gasteiger partial charge in [0, 0.05) is 13.7 Å². The molecule has 1 aromatic heterocycles. The van der Waals surface area contributed by atoms with Gasteiger partial charge < -0.3 is 26.4 Å². The van der Waals surface area contributed by atoms with Crippen molar-refractivity contribution in [3.63, 3.8) is 0 Å². The van der Waals surface area contributed by atoms with Gasteiger partial charge in [0.2, 0.25) is 5.91 Å². The summed E-state index contributed by atoms with van der Waals surface area (Å²) in [4.78, 5) is 51.7. The molecule has 0 aliphatic heterocycles. The Balaban J connectivity index is 2.42. The Labute approximate surface area is 185 Å². The van der Waals surface area contributed by atoms with Crippen molar-refractivity contribution in [3.05, 3.63) is 56.7 Å². The van der Waals surface area contributed by atoms with E-state index in [-0.39, 0.29) is 31.2 Å². The predicted molar refractivity (Wildman–Crippen MR) is 122 cm³/mol. The van der Waals surface area contributed by atoms with E-state index in [2.05, 4.69) is 20.9 Å². The zero-order valence-electron chi connectivity index (χ0n) is 18.3. The molecule has 0 bridgehead atoms. The molecule has 0 radical (unpaired) electrons. The highest BCUT2D eigenvalue weighted by Gasteiger charge is 2.23. The fourth-order valence-corrected chi connectivity index (χ4v) is 3.10. The fraction of sp³-hybridized carbons (Fsp3) is 0.429. The van der Waals surface area contributed by atoms with Gasteiger partial charge in [0.15, 0.2) is 0 Å². The molecule has 174 valence electrons. The van der Waals surface area contributed by atoms with Crippen LogP contribution in [0.15, 0.2) is 39.9 Å². The van der Waals surface area contributed by atoms with E-state index in [1.165, 1.54) is 11.7 Å². The van der Waals surface area contributed by atoms with Gasteiger partial charge in [-0.25, -0.2) is 9.59 Å². The largest absolute Gasteiger partial charge is 0.383 e. The Morgan fingerprint density at radius 3 is 2.56 bits per heavy atom. The van der Waals surface area contributed by atoms with E-state index in [1.807, 2.05) is 37.3 Å². The summed E-state index contributed by atoms with van der Waals surface area (Å²) in [6, 6.07) is 7.57. The number of benzene rings is 1. The maximum absolute atomic E-state index is 13.0.